The minimum atomic E-state index is -0.0295. The number of fused-ring (bicyclic) bond motifs is 1. The summed E-state index contributed by atoms with van der Waals surface area (Å²) < 4.78 is 2.54. The number of likely N-dealkylation sites (tertiary alicyclic amines) is 1. The molecular formula is C57H81N7. The van der Waals surface area contributed by atoms with E-state index in [0.29, 0.717) is 23.7 Å². The summed E-state index contributed by atoms with van der Waals surface area (Å²) in [5, 5.41) is 7.72. The summed E-state index contributed by atoms with van der Waals surface area (Å²) >= 11 is 0. The van der Waals surface area contributed by atoms with E-state index in [1.165, 1.54) is 82.2 Å². The minimum absolute atomic E-state index is 0.0295. The van der Waals surface area contributed by atoms with Crippen LogP contribution in [0.3, 0.4) is 0 Å². The van der Waals surface area contributed by atoms with Crippen LogP contribution in [0.5, 0.6) is 0 Å². The Balaban J connectivity index is 1.24. The second-order valence-electron chi connectivity index (χ2n) is 20.8. The van der Waals surface area contributed by atoms with Crippen LogP contribution in [0.15, 0.2) is 110 Å². The normalized spacial score (nSPS) is 19.6. The molecule has 64 heavy (non-hydrogen) atoms. The molecule has 7 nitrogen and oxygen atoms in total. The van der Waals surface area contributed by atoms with Crippen molar-refractivity contribution in [3.05, 3.63) is 127 Å². The van der Waals surface area contributed by atoms with E-state index in [1.807, 2.05) is 6.20 Å². The van der Waals surface area contributed by atoms with Gasteiger partial charge < -0.3 is 24.7 Å². The lowest BCUT2D eigenvalue weighted by Gasteiger charge is -2.42. The summed E-state index contributed by atoms with van der Waals surface area (Å²) in [7, 11) is 4.53. The van der Waals surface area contributed by atoms with E-state index < -0.39 is 0 Å². The molecule has 3 fully saturated rings. The fraction of sp³-hybridized carbons (Fsp3) is 0.526. The molecule has 7 rings (SSSR count). The van der Waals surface area contributed by atoms with E-state index in [2.05, 4.69) is 153 Å². The highest BCUT2D eigenvalue weighted by Crippen LogP contribution is 2.43. The molecule has 0 bridgehead atoms. The van der Waals surface area contributed by atoms with Gasteiger partial charge in [0.25, 0.3) is 0 Å². The van der Waals surface area contributed by atoms with Crippen LogP contribution in [0.4, 0.5) is 0 Å². The lowest BCUT2D eigenvalue weighted by Crippen LogP contribution is -2.51. The number of hydrogen-bond donors (Lipinski definition) is 2. The largest absolute Gasteiger partial charge is 0.378 e. The van der Waals surface area contributed by atoms with Crippen LogP contribution in [-0.4, -0.2) is 76.7 Å². The molecule has 4 aromatic rings. The van der Waals surface area contributed by atoms with Crippen LogP contribution in [0.1, 0.15) is 116 Å². The zero-order valence-corrected chi connectivity index (χ0v) is 41.0. The molecule has 1 aliphatic carbocycles. The number of hydrogen-bond acceptors (Lipinski definition) is 6. The summed E-state index contributed by atoms with van der Waals surface area (Å²) in [6, 6.07) is 21.0. The quantitative estimate of drug-likeness (QED) is 0.0864. The van der Waals surface area contributed by atoms with Gasteiger partial charge in [-0.1, -0.05) is 104 Å². The molecule has 4 heterocycles. The third-order valence-electron chi connectivity index (χ3n) is 15.0. The second kappa shape index (κ2) is 20.7. The first-order chi connectivity index (χ1) is 30.7. The Bertz CT molecular complexity index is 2270. The maximum atomic E-state index is 4.95. The first-order valence-electron chi connectivity index (χ1n) is 24.8. The van der Waals surface area contributed by atoms with Gasteiger partial charge in [0.2, 0.25) is 0 Å². The zero-order valence-electron chi connectivity index (χ0n) is 41.0. The third-order valence-corrected chi connectivity index (χ3v) is 15.0. The minimum Gasteiger partial charge on any atom is -0.378 e. The van der Waals surface area contributed by atoms with Crippen LogP contribution in [-0.2, 0) is 19.4 Å². The molecule has 4 atom stereocenters. The smallest absolute Gasteiger partial charge is 0.0707 e. The number of aryl methyl sites for hydroxylation is 1. The van der Waals surface area contributed by atoms with Gasteiger partial charge in [-0.3, -0.25) is 4.98 Å². The Labute approximate surface area is 387 Å². The van der Waals surface area contributed by atoms with Crippen LogP contribution in [0.25, 0.3) is 33.3 Å². The highest BCUT2D eigenvalue weighted by Gasteiger charge is 2.37. The molecule has 0 radical (unpaired) electrons. The Morgan fingerprint density at radius 3 is 2.44 bits per heavy atom. The number of aromatic nitrogens is 2. The number of benzene rings is 2. The van der Waals surface area contributed by atoms with Crippen molar-refractivity contribution in [2.24, 2.45) is 23.2 Å². The average Bonchev–Trinajstić information content (AvgIpc) is 4.02. The number of rotatable bonds is 20. The second-order valence-corrected chi connectivity index (χ2v) is 20.8. The predicted molar refractivity (Wildman–Crippen MR) is 273 cm³/mol. The van der Waals surface area contributed by atoms with Gasteiger partial charge in [-0.15, -0.1) is 6.58 Å². The van der Waals surface area contributed by atoms with Gasteiger partial charge >= 0.3 is 0 Å². The van der Waals surface area contributed by atoms with Crippen molar-refractivity contribution in [1.29, 1.82) is 0 Å². The first kappa shape index (κ1) is 47.4. The Hall–Kier alpha value is -4.59. The zero-order chi connectivity index (χ0) is 45.7. The average molecular weight is 864 g/mol. The SMILES string of the molecule is C=CCCC(C)(C)Cc1c(-c2cccnc2C(C)C)n(CC)c2ccc(-c3cccc(CC(NC(=C)C(C4CCCC4)N(C)C(=C)C4CN(C)CC4C)C(=C)N4CCCCN4)c3)cc12. The fourth-order valence-corrected chi connectivity index (χ4v) is 11.5. The maximum Gasteiger partial charge on any atom is 0.0707 e. The van der Waals surface area contributed by atoms with Crippen molar-refractivity contribution in [3.8, 4) is 22.4 Å². The van der Waals surface area contributed by atoms with Crippen LogP contribution in [0.2, 0.25) is 0 Å². The molecule has 2 saturated heterocycles. The summed E-state index contributed by atoms with van der Waals surface area (Å²) in [4.78, 5) is 9.92. The molecule has 2 N–H and O–H groups in total. The predicted octanol–water partition coefficient (Wildman–Crippen LogP) is 12.4. The van der Waals surface area contributed by atoms with E-state index in [4.69, 9.17) is 24.7 Å². The van der Waals surface area contributed by atoms with Gasteiger partial charge in [0, 0.05) is 85.4 Å². The van der Waals surface area contributed by atoms with Crippen LogP contribution < -0.4 is 10.7 Å². The number of pyridine rings is 1. The summed E-state index contributed by atoms with van der Waals surface area (Å²) in [5.41, 5.74) is 17.4. The third kappa shape index (κ3) is 10.4. The Morgan fingerprint density at radius 2 is 1.77 bits per heavy atom. The van der Waals surface area contributed by atoms with Gasteiger partial charge in [0.1, 0.15) is 0 Å². The number of nitrogens with one attached hydrogen (secondary N) is 2. The number of hydrazine groups is 1. The Kier molecular flexibility index (Phi) is 15.3. The molecule has 7 heteroatoms. The summed E-state index contributed by atoms with van der Waals surface area (Å²) in [6.07, 6.45) is 15.3. The monoisotopic (exact) mass is 864 g/mol. The number of nitrogens with zero attached hydrogens (tertiary/aromatic N) is 5. The van der Waals surface area contributed by atoms with E-state index in [1.54, 1.807) is 0 Å². The van der Waals surface area contributed by atoms with Gasteiger partial charge in [0.05, 0.1) is 23.5 Å². The molecule has 1 saturated carbocycles. The van der Waals surface area contributed by atoms with Crippen molar-refractivity contribution in [2.45, 2.75) is 130 Å². The molecule has 344 valence electrons. The molecule has 2 aromatic carbocycles. The van der Waals surface area contributed by atoms with E-state index in [0.717, 1.165) is 81.9 Å². The summed E-state index contributed by atoms with van der Waals surface area (Å²) in [6.45, 7) is 37.5. The van der Waals surface area contributed by atoms with Gasteiger partial charge in [-0.05, 0) is 135 Å². The van der Waals surface area contributed by atoms with Crippen molar-refractivity contribution in [3.63, 3.8) is 0 Å². The number of likely N-dealkylation sites (N-methyl/N-ethyl adjacent to an activating group) is 1. The molecule has 0 spiro atoms. The Morgan fingerprint density at radius 1 is 1.00 bits per heavy atom. The van der Waals surface area contributed by atoms with Crippen LogP contribution >= 0.6 is 0 Å². The van der Waals surface area contributed by atoms with Gasteiger partial charge in [-0.25, -0.2) is 5.43 Å². The number of allylic oxidation sites excluding steroid dienone is 1. The van der Waals surface area contributed by atoms with Gasteiger partial charge in [-0.2, -0.15) is 0 Å². The van der Waals surface area contributed by atoms with E-state index in [9.17, 15) is 0 Å². The molecule has 3 aliphatic rings. The highest BCUT2D eigenvalue weighted by atomic mass is 15.5. The molecule has 2 aliphatic heterocycles. The van der Waals surface area contributed by atoms with Crippen molar-refractivity contribution < 1.29 is 0 Å². The molecule has 4 unspecified atom stereocenters. The molecular weight excluding hydrogens is 783 g/mol. The molecule has 2 aromatic heterocycles. The van der Waals surface area contributed by atoms with Crippen molar-refractivity contribution in [2.75, 3.05) is 40.3 Å². The fourth-order valence-electron chi connectivity index (χ4n) is 11.5. The first-order valence-corrected chi connectivity index (χ1v) is 24.8. The van der Waals surface area contributed by atoms with E-state index in [-0.39, 0.29) is 17.5 Å². The summed E-state index contributed by atoms with van der Waals surface area (Å²) in [5.74, 6) is 1.90. The highest BCUT2D eigenvalue weighted by molar-refractivity contribution is 5.95. The van der Waals surface area contributed by atoms with Gasteiger partial charge in [0.15, 0.2) is 0 Å². The van der Waals surface area contributed by atoms with Crippen molar-refractivity contribution in [1.82, 2.24) is 35.1 Å². The maximum absolute atomic E-state index is 4.95. The lowest BCUT2D eigenvalue weighted by molar-refractivity contribution is 0.182. The lowest BCUT2D eigenvalue weighted by atomic mass is 9.80. The van der Waals surface area contributed by atoms with Crippen molar-refractivity contribution >= 4 is 10.9 Å². The van der Waals surface area contributed by atoms with Crippen LogP contribution in [0, 0.1) is 23.2 Å². The molecule has 0 amide bonds. The standard InChI is InChI=1S/C57H81N7/c1-13-15-29-57(9,10)36-50-49-35-47(27-28-53(49)63(14-2)56(50)48-26-21-30-58-54(48)39(3)4)46-25-20-22-44(33-46)34-52(43(8)64-32-19-18-31-59-64)60-41(6)55(45-23-16-17-24-45)62(12)42(7)51-38-61(11)37-40(51)5/h13,20-22,25-28,30,33,35,39-40,45,51-52,55,59-60H,1,6-8,14-19,23-24,29,31-32,34,36-38H2,2-5,9-12H3. The van der Waals surface area contributed by atoms with E-state index >= 15 is 0 Å². The topological polar surface area (TPSA) is 51.6 Å².